The second-order valence-corrected chi connectivity index (χ2v) is 14.9. The second kappa shape index (κ2) is 9.67. The van der Waals surface area contributed by atoms with Crippen molar-refractivity contribution in [3.63, 3.8) is 0 Å². The normalized spacial score (nSPS) is 17.3. The number of carboxylic acid groups (broad SMARTS) is 1. The van der Waals surface area contributed by atoms with E-state index in [-0.39, 0.29) is 6.61 Å². The van der Waals surface area contributed by atoms with Crippen molar-refractivity contribution in [1.29, 1.82) is 0 Å². The quantitative estimate of drug-likeness (QED) is 0.334. The maximum absolute atomic E-state index is 12.8. The lowest BCUT2D eigenvalue weighted by Gasteiger charge is -2.43. The zero-order valence-corrected chi connectivity index (χ0v) is 21.1. The van der Waals surface area contributed by atoms with Crippen LogP contribution < -0.4 is 10.4 Å². The topological polar surface area (TPSA) is 93.1 Å². The van der Waals surface area contributed by atoms with Crippen molar-refractivity contribution in [1.82, 2.24) is 4.90 Å². The first kappa shape index (κ1) is 26.8. The van der Waals surface area contributed by atoms with Gasteiger partial charge in [0.1, 0.15) is 5.76 Å². The zero-order chi connectivity index (χ0) is 26.1. The molecule has 1 aliphatic rings. The van der Waals surface area contributed by atoms with Crippen LogP contribution in [0.5, 0.6) is 0 Å². The van der Waals surface area contributed by atoms with Crippen LogP contribution in [0.15, 0.2) is 72.5 Å². The number of benzene rings is 2. The van der Waals surface area contributed by atoms with Gasteiger partial charge in [-0.25, -0.2) is 4.79 Å². The van der Waals surface area contributed by atoms with E-state index in [2.05, 4.69) is 4.18 Å². The SMILES string of the molecule is CC(C)(C)[Si](OC[C@@H]1C=C(OS(=O)(=O)C(F)(F)F)CN1C(=O)O)(c1ccccc1)c1ccccc1. The van der Waals surface area contributed by atoms with E-state index in [1.54, 1.807) is 0 Å². The number of amides is 1. The largest absolute Gasteiger partial charge is 0.534 e. The van der Waals surface area contributed by atoms with Gasteiger partial charge < -0.3 is 13.7 Å². The van der Waals surface area contributed by atoms with Crippen LogP contribution in [-0.2, 0) is 18.7 Å². The van der Waals surface area contributed by atoms with Gasteiger partial charge in [0.15, 0.2) is 0 Å². The van der Waals surface area contributed by atoms with E-state index in [1.165, 1.54) is 0 Å². The first-order valence-electron chi connectivity index (χ1n) is 10.6. The predicted molar refractivity (Wildman–Crippen MR) is 126 cm³/mol. The third kappa shape index (κ3) is 5.39. The predicted octanol–water partition coefficient (Wildman–Crippen LogP) is 3.68. The highest BCUT2D eigenvalue weighted by atomic mass is 32.2. The van der Waals surface area contributed by atoms with Crippen LogP contribution in [0.1, 0.15) is 20.8 Å². The molecule has 2 aromatic rings. The molecule has 1 aliphatic heterocycles. The maximum atomic E-state index is 12.8. The van der Waals surface area contributed by atoms with Crippen molar-refractivity contribution in [3.8, 4) is 0 Å². The molecule has 3 rings (SSSR count). The van der Waals surface area contributed by atoms with Gasteiger partial charge in [-0.05, 0) is 21.5 Å². The van der Waals surface area contributed by atoms with E-state index in [1.807, 2.05) is 81.4 Å². The average Bonchev–Trinajstić information content (AvgIpc) is 3.16. The molecule has 0 bridgehead atoms. The number of halogens is 3. The van der Waals surface area contributed by atoms with Crippen molar-refractivity contribution >= 4 is 34.9 Å². The molecule has 35 heavy (non-hydrogen) atoms. The number of carbonyl (C=O) groups is 1. The van der Waals surface area contributed by atoms with Crippen LogP contribution in [0.3, 0.4) is 0 Å². The summed E-state index contributed by atoms with van der Waals surface area (Å²) in [6.07, 6.45) is -0.393. The molecule has 190 valence electrons. The number of nitrogens with zero attached hydrogens (tertiary/aromatic N) is 1. The molecule has 12 heteroatoms. The molecule has 1 N–H and O–H groups in total. The summed E-state index contributed by atoms with van der Waals surface area (Å²) in [6, 6.07) is 18.0. The number of alkyl halides is 3. The van der Waals surface area contributed by atoms with Gasteiger partial charge in [-0.2, -0.15) is 21.6 Å². The van der Waals surface area contributed by atoms with Crippen molar-refractivity contribution in [2.75, 3.05) is 13.2 Å². The molecule has 0 fully saturated rings. The van der Waals surface area contributed by atoms with E-state index in [0.29, 0.717) is 0 Å². The maximum Gasteiger partial charge on any atom is 0.534 e. The molecule has 0 aromatic heterocycles. The molecule has 0 aliphatic carbocycles. The molecule has 1 amide bonds. The first-order chi connectivity index (χ1) is 16.2. The summed E-state index contributed by atoms with van der Waals surface area (Å²) >= 11 is 0. The summed E-state index contributed by atoms with van der Waals surface area (Å²) in [6.45, 7) is 5.19. The Labute approximate surface area is 203 Å². The molecule has 0 spiro atoms. The van der Waals surface area contributed by atoms with Gasteiger partial charge in [0.25, 0.3) is 8.32 Å². The molecule has 0 saturated carbocycles. The highest BCUT2D eigenvalue weighted by Crippen LogP contribution is 2.37. The van der Waals surface area contributed by atoms with Gasteiger partial charge in [0, 0.05) is 0 Å². The Morgan fingerprint density at radius 1 is 1.03 bits per heavy atom. The summed E-state index contributed by atoms with van der Waals surface area (Å²) < 4.78 is 72.0. The third-order valence-corrected chi connectivity index (χ3v) is 11.7. The summed E-state index contributed by atoms with van der Waals surface area (Å²) in [4.78, 5) is 12.6. The van der Waals surface area contributed by atoms with Crippen molar-refractivity contribution in [3.05, 3.63) is 72.5 Å². The average molecular weight is 530 g/mol. The Bertz CT molecular complexity index is 1140. The Balaban J connectivity index is 2.01. The molecule has 1 heterocycles. The molecule has 2 aromatic carbocycles. The van der Waals surface area contributed by atoms with Crippen LogP contribution in [0.25, 0.3) is 0 Å². The van der Waals surface area contributed by atoms with Crippen LogP contribution in [0, 0.1) is 0 Å². The van der Waals surface area contributed by atoms with Crippen LogP contribution in [0.4, 0.5) is 18.0 Å². The first-order valence-corrected chi connectivity index (χ1v) is 14.0. The van der Waals surface area contributed by atoms with Crippen molar-refractivity contribution in [2.24, 2.45) is 0 Å². The molecule has 7 nitrogen and oxygen atoms in total. The van der Waals surface area contributed by atoms with E-state index in [9.17, 15) is 31.5 Å². The minimum atomic E-state index is -5.93. The van der Waals surface area contributed by atoms with Crippen molar-refractivity contribution in [2.45, 2.75) is 37.4 Å². The van der Waals surface area contributed by atoms with Crippen molar-refractivity contribution < 1.29 is 40.1 Å². The molecular formula is C23H26F3NO6SSi. The van der Waals surface area contributed by atoms with Gasteiger partial charge in [0.2, 0.25) is 0 Å². The van der Waals surface area contributed by atoms with Crippen LogP contribution in [-0.4, -0.2) is 57.5 Å². The number of rotatable bonds is 7. The highest BCUT2D eigenvalue weighted by Gasteiger charge is 2.52. The zero-order valence-electron chi connectivity index (χ0n) is 19.3. The Kier molecular flexibility index (Phi) is 7.39. The summed E-state index contributed by atoms with van der Waals surface area (Å²) in [7, 11) is -8.99. The minimum Gasteiger partial charge on any atom is -0.465 e. The summed E-state index contributed by atoms with van der Waals surface area (Å²) in [5.74, 6) is -0.624. The standard InChI is InChI=1S/C23H26F3NO6SSi/c1-22(2,3)35(19-10-6-4-7-11-19,20-12-8-5-9-13-20)32-16-17-14-18(15-27(17)21(28)29)33-34(30,31)23(24,25)26/h4-14,17H,15-16H2,1-3H3,(H,28,29)/t17-/m0/s1. The Morgan fingerprint density at radius 2 is 1.51 bits per heavy atom. The van der Waals surface area contributed by atoms with E-state index < -0.39 is 53.4 Å². The molecule has 0 unspecified atom stereocenters. The minimum absolute atomic E-state index is 0.210. The molecule has 1 atom stereocenters. The summed E-state index contributed by atoms with van der Waals surface area (Å²) in [5, 5.41) is 11.0. The van der Waals surface area contributed by atoms with E-state index in [0.717, 1.165) is 21.3 Å². The molecule has 0 saturated heterocycles. The summed E-state index contributed by atoms with van der Waals surface area (Å²) in [5.41, 5.74) is -5.63. The van der Waals surface area contributed by atoms with Crippen LogP contribution >= 0.6 is 0 Å². The smallest absolute Gasteiger partial charge is 0.465 e. The Hall–Kier alpha value is -2.83. The van der Waals surface area contributed by atoms with Gasteiger partial charge in [-0.15, -0.1) is 0 Å². The lowest BCUT2D eigenvalue weighted by molar-refractivity contribution is -0.0522. The number of hydrogen-bond donors (Lipinski definition) is 1. The van der Waals surface area contributed by atoms with E-state index in [4.69, 9.17) is 4.43 Å². The Morgan fingerprint density at radius 3 is 1.91 bits per heavy atom. The van der Waals surface area contributed by atoms with Gasteiger partial charge in [0.05, 0.1) is 19.2 Å². The van der Waals surface area contributed by atoms with Crippen LogP contribution in [0.2, 0.25) is 5.04 Å². The highest BCUT2D eigenvalue weighted by molar-refractivity contribution is 7.87. The second-order valence-electron chi connectivity index (χ2n) is 9.07. The lowest BCUT2D eigenvalue weighted by atomic mass is 10.2. The number of hydrogen-bond acceptors (Lipinski definition) is 5. The van der Waals surface area contributed by atoms with Gasteiger partial charge >= 0.3 is 21.7 Å². The lowest BCUT2D eigenvalue weighted by Crippen LogP contribution is -2.67. The molecular weight excluding hydrogens is 503 g/mol. The monoisotopic (exact) mass is 529 g/mol. The van der Waals surface area contributed by atoms with E-state index >= 15 is 0 Å². The fraction of sp³-hybridized carbons (Fsp3) is 0.348. The molecule has 0 radical (unpaired) electrons. The fourth-order valence-electron chi connectivity index (χ4n) is 4.20. The fourth-order valence-corrected chi connectivity index (χ4v) is 9.27. The van der Waals surface area contributed by atoms with Gasteiger partial charge in [-0.1, -0.05) is 81.4 Å². The third-order valence-electron chi connectivity index (χ3n) is 5.74. The van der Waals surface area contributed by atoms with Gasteiger partial charge in [-0.3, -0.25) is 4.90 Å².